The Morgan fingerprint density at radius 2 is 2.50 bits per heavy atom. The molecule has 0 saturated heterocycles. The van der Waals surface area contributed by atoms with Gasteiger partial charge in [0, 0.05) is 20.3 Å². The molecule has 0 bridgehead atoms. The summed E-state index contributed by atoms with van der Waals surface area (Å²) in [4.78, 5) is 11.5. The minimum Gasteiger partial charge on any atom is -0.385 e. The van der Waals surface area contributed by atoms with E-state index < -0.39 is 6.04 Å². The average molecular weight is 242 g/mol. The summed E-state index contributed by atoms with van der Waals surface area (Å²) < 4.78 is 4.87. The molecule has 1 heterocycles. The summed E-state index contributed by atoms with van der Waals surface area (Å²) in [5.74, 6) is -0.104. The third-order valence-electron chi connectivity index (χ3n) is 2.26. The molecular weight excluding hydrogens is 224 g/mol. The number of nitrogens with one attached hydrogen (secondary N) is 1. The fourth-order valence-electron chi connectivity index (χ4n) is 1.27. The van der Waals surface area contributed by atoms with Crippen molar-refractivity contribution in [2.45, 2.75) is 18.9 Å². The van der Waals surface area contributed by atoms with Gasteiger partial charge >= 0.3 is 0 Å². The highest BCUT2D eigenvalue weighted by molar-refractivity contribution is 7.07. The van der Waals surface area contributed by atoms with E-state index in [4.69, 9.17) is 10.5 Å². The zero-order valence-electron chi connectivity index (χ0n) is 9.44. The Bertz CT molecular complexity index is 301. The van der Waals surface area contributed by atoms with Crippen LogP contribution < -0.4 is 11.1 Å². The highest BCUT2D eigenvalue weighted by Gasteiger charge is 2.11. The van der Waals surface area contributed by atoms with Crippen LogP contribution in [0.25, 0.3) is 0 Å². The lowest BCUT2D eigenvalue weighted by molar-refractivity contribution is -0.122. The van der Waals surface area contributed by atoms with Crippen molar-refractivity contribution >= 4 is 17.2 Å². The minimum atomic E-state index is -0.470. The predicted molar refractivity (Wildman–Crippen MR) is 65.5 cm³/mol. The Morgan fingerprint density at radius 3 is 3.12 bits per heavy atom. The van der Waals surface area contributed by atoms with E-state index in [1.165, 1.54) is 5.56 Å². The van der Waals surface area contributed by atoms with E-state index in [2.05, 4.69) is 16.8 Å². The minimum absolute atomic E-state index is 0.104. The molecule has 90 valence electrons. The summed E-state index contributed by atoms with van der Waals surface area (Å²) in [6.07, 6.45) is 1.41. The van der Waals surface area contributed by atoms with Crippen LogP contribution in [0.15, 0.2) is 16.8 Å². The van der Waals surface area contributed by atoms with Gasteiger partial charge in [0.05, 0.1) is 6.04 Å². The summed E-state index contributed by atoms with van der Waals surface area (Å²) in [6.45, 7) is 1.15. The molecule has 1 unspecified atom stereocenters. The molecule has 0 aromatic carbocycles. The summed E-state index contributed by atoms with van der Waals surface area (Å²) >= 11 is 1.66. The van der Waals surface area contributed by atoms with E-state index in [0.29, 0.717) is 19.6 Å². The first-order valence-electron chi connectivity index (χ1n) is 5.27. The Balaban J connectivity index is 2.14. The number of hydrogen-bond donors (Lipinski definition) is 2. The number of amides is 1. The summed E-state index contributed by atoms with van der Waals surface area (Å²) in [5.41, 5.74) is 6.92. The highest BCUT2D eigenvalue weighted by Crippen LogP contribution is 2.05. The van der Waals surface area contributed by atoms with Gasteiger partial charge in [-0.15, -0.1) is 0 Å². The van der Waals surface area contributed by atoms with Gasteiger partial charge in [0.15, 0.2) is 0 Å². The summed E-state index contributed by atoms with van der Waals surface area (Å²) in [7, 11) is 1.60. The summed E-state index contributed by atoms with van der Waals surface area (Å²) in [5, 5.41) is 6.92. The smallest absolute Gasteiger partial charge is 0.237 e. The topological polar surface area (TPSA) is 64.3 Å². The van der Waals surface area contributed by atoms with Crippen molar-refractivity contribution in [1.29, 1.82) is 0 Å². The van der Waals surface area contributed by atoms with Crippen LogP contribution in [0.5, 0.6) is 0 Å². The number of carbonyl (C=O) groups is 1. The normalized spacial score (nSPS) is 12.4. The molecule has 0 aliphatic heterocycles. The number of carbonyl (C=O) groups excluding carboxylic acids is 1. The van der Waals surface area contributed by atoms with E-state index in [-0.39, 0.29) is 5.91 Å². The van der Waals surface area contributed by atoms with Crippen molar-refractivity contribution in [1.82, 2.24) is 5.32 Å². The molecule has 1 rings (SSSR count). The highest BCUT2D eigenvalue weighted by atomic mass is 32.1. The average Bonchev–Trinajstić information content (AvgIpc) is 2.78. The first kappa shape index (κ1) is 13.2. The zero-order valence-corrected chi connectivity index (χ0v) is 10.3. The van der Waals surface area contributed by atoms with E-state index in [9.17, 15) is 4.79 Å². The van der Waals surface area contributed by atoms with Crippen LogP contribution in [0.1, 0.15) is 12.0 Å². The molecule has 1 aromatic heterocycles. The van der Waals surface area contributed by atoms with Crippen LogP contribution in [0.3, 0.4) is 0 Å². The first-order valence-corrected chi connectivity index (χ1v) is 6.21. The van der Waals surface area contributed by atoms with Gasteiger partial charge in [-0.2, -0.15) is 11.3 Å². The number of thiophene rings is 1. The van der Waals surface area contributed by atoms with Crippen molar-refractivity contribution in [3.63, 3.8) is 0 Å². The lowest BCUT2D eigenvalue weighted by Crippen LogP contribution is -2.41. The standard InChI is InChI=1S/C11H18N2O2S/c1-15-6-3-10(12)11(14)13-5-2-9-4-7-16-8-9/h4,7-8,10H,2-3,5-6,12H2,1H3,(H,13,14). The van der Waals surface area contributed by atoms with Crippen molar-refractivity contribution < 1.29 is 9.53 Å². The molecule has 0 saturated carbocycles. The van der Waals surface area contributed by atoms with Crippen molar-refractivity contribution in [2.24, 2.45) is 5.73 Å². The van der Waals surface area contributed by atoms with Crippen molar-refractivity contribution in [3.8, 4) is 0 Å². The van der Waals surface area contributed by atoms with Gasteiger partial charge in [0.2, 0.25) is 5.91 Å². The molecule has 16 heavy (non-hydrogen) atoms. The van der Waals surface area contributed by atoms with E-state index >= 15 is 0 Å². The second-order valence-corrected chi connectivity index (χ2v) is 4.34. The maximum atomic E-state index is 11.5. The number of hydrogen-bond acceptors (Lipinski definition) is 4. The van der Waals surface area contributed by atoms with Crippen molar-refractivity contribution in [3.05, 3.63) is 22.4 Å². The second-order valence-electron chi connectivity index (χ2n) is 3.56. The van der Waals surface area contributed by atoms with Crippen LogP contribution in [-0.2, 0) is 16.0 Å². The van der Waals surface area contributed by atoms with Crippen LogP contribution in [0.2, 0.25) is 0 Å². The van der Waals surface area contributed by atoms with Gasteiger partial charge in [-0.1, -0.05) is 0 Å². The van der Waals surface area contributed by atoms with Gasteiger partial charge in [0.1, 0.15) is 0 Å². The Kier molecular flexibility index (Phi) is 6.07. The molecule has 1 aromatic rings. The van der Waals surface area contributed by atoms with Crippen LogP contribution >= 0.6 is 11.3 Å². The largest absolute Gasteiger partial charge is 0.385 e. The van der Waals surface area contributed by atoms with Gasteiger partial charge in [-0.05, 0) is 35.2 Å². The Hall–Kier alpha value is -0.910. The van der Waals surface area contributed by atoms with Crippen LogP contribution in [-0.4, -0.2) is 32.2 Å². The lowest BCUT2D eigenvalue weighted by atomic mass is 10.2. The van der Waals surface area contributed by atoms with Gasteiger partial charge in [-0.3, -0.25) is 4.79 Å². The molecule has 1 amide bonds. The van der Waals surface area contributed by atoms with E-state index in [0.717, 1.165) is 6.42 Å². The summed E-state index contributed by atoms with van der Waals surface area (Å²) in [6, 6.07) is 1.59. The van der Waals surface area contributed by atoms with Crippen molar-refractivity contribution in [2.75, 3.05) is 20.3 Å². The maximum Gasteiger partial charge on any atom is 0.237 e. The van der Waals surface area contributed by atoms with Gasteiger partial charge in [0.25, 0.3) is 0 Å². The maximum absolute atomic E-state index is 11.5. The Morgan fingerprint density at radius 1 is 1.69 bits per heavy atom. The molecule has 0 radical (unpaired) electrons. The molecule has 0 aliphatic rings. The molecule has 0 spiro atoms. The molecule has 4 nitrogen and oxygen atoms in total. The lowest BCUT2D eigenvalue weighted by Gasteiger charge is -2.11. The number of rotatable bonds is 7. The fraction of sp³-hybridized carbons (Fsp3) is 0.545. The van der Waals surface area contributed by atoms with Crippen LogP contribution in [0, 0.1) is 0 Å². The quantitative estimate of drug-likeness (QED) is 0.742. The van der Waals surface area contributed by atoms with Gasteiger partial charge < -0.3 is 15.8 Å². The molecule has 1 atom stereocenters. The SMILES string of the molecule is COCCC(N)C(=O)NCCc1ccsc1. The first-order chi connectivity index (χ1) is 7.74. The number of methoxy groups -OCH3 is 1. The van der Waals surface area contributed by atoms with Crippen LogP contribution in [0.4, 0.5) is 0 Å². The molecular formula is C11H18N2O2S. The monoisotopic (exact) mass is 242 g/mol. The third kappa shape index (κ3) is 4.74. The predicted octanol–water partition coefficient (Wildman–Crippen LogP) is 0.771. The molecule has 0 fully saturated rings. The third-order valence-corrected chi connectivity index (χ3v) is 2.99. The fourth-order valence-corrected chi connectivity index (χ4v) is 1.98. The second kappa shape index (κ2) is 7.38. The number of ether oxygens (including phenoxy) is 1. The molecule has 3 N–H and O–H groups in total. The molecule has 5 heteroatoms. The Labute approximate surface area is 99.8 Å². The van der Waals surface area contributed by atoms with E-state index in [1.807, 2.05) is 5.38 Å². The zero-order chi connectivity index (χ0) is 11.8. The molecule has 0 aliphatic carbocycles. The van der Waals surface area contributed by atoms with Gasteiger partial charge in [-0.25, -0.2) is 0 Å². The number of nitrogens with two attached hydrogens (primary N) is 1. The van der Waals surface area contributed by atoms with E-state index in [1.54, 1.807) is 18.4 Å².